The first-order valence-corrected chi connectivity index (χ1v) is 13.0. The largest absolute Gasteiger partial charge is 0.492 e. The number of hydrogen-bond donors (Lipinski definition) is 0. The fourth-order valence-corrected chi connectivity index (χ4v) is 4.38. The fraction of sp³-hybridized carbons (Fsp3) is 0.464. The average Bonchev–Trinajstić information content (AvgIpc) is 2.84. The minimum absolute atomic E-state index is 0.663. The third-order valence-electron chi connectivity index (χ3n) is 5.56. The van der Waals surface area contributed by atoms with Gasteiger partial charge in [0.25, 0.3) is 0 Å². The van der Waals surface area contributed by atoms with Crippen LogP contribution in [0, 0.1) is 11.3 Å². The van der Waals surface area contributed by atoms with E-state index in [4.69, 9.17) is 4.74 Å². The van der Waals surface area contributed by atoms with Crippen molar-refractivity contribution in [2.45, 2.75) is 57.8 Å². The maximum atomic E-state index is 9.67. The summed E-state index contributed by atoms with van der Waals surface area (Å²) in [6, 6.07) is 18.7. The third-order valence-corrected chi connectivity index (χ3v) is 6.66. The van der Waals surface area contributed by atoms with Crippen molar-refractivity contribution < 1.29 is 4.74 Å². The Bertz CT molecular complexity index is 833. The Morgan fingerprint density at radius 3 is 2.25 bits per heavy atom. The highest BCUT2D eigenvalue weighted by atomic mass is 32.2. The van der Waals surface area contributed by atoms with Crippen molar-refractivity contribution >= 4 is 23.4 Å². The number of benzene rings is 2. The van der Waals surface area contributed by atoms with Crippen LogP contribution in [0.15, 0.2) is 53.4 Å². The molecular weight excluding hydrogens is 412 g/mol. The highest BCUT2D eigenvalue weighted by Crippen LogP contribution is 2.24. The molecule has 172 valence electrons. The molecule has 32 heavy (non-hydrogen) atoms. The van der Waals surface area contributed by atoms with Crippen molar-refractivity contribution in [3.8, 4) is 11.8 Å². The lowest BCUT2D eigenvalue weighted by Gasteiger charge is -2.18. The number of unbranched alkanes of at least 4 members (excludes halogenated alkanes) is 4. The zero-order chi connectivity index (χ0) is 23.0. The topological polar surface area (TPSA) is 36.3 Å². The molecule has 0 N–H and O–H groups in total. The maximum Gasteiger partial charge on any atom is 0.119 e. The Morgan fingerprint density at radius 1 is 0.938 bits per heavy atom. The molecule has 2 aromatic carbocycles. The predicted molar refractivity (Wildman–Crippen MR) is 139 cm³/mol. The number of hydrogen-bond acceptors (Lipinski definition) is 4. The van der Waals surface area contributed by atoms with Gasteiger partial charge in [-0.25, -0.2) is 0 Å². The minimum Gasteiger partial charge on any atom is -0.492 e. The van der Waals surface area contributed by atoms with E-state index in [2.05, 4.69) is 56.0 Å². The van der Waals surface area contributed by atoms with E-state index in [1.54, 1.807) is 0 Å². The van der Waals surface area contributed by atoms with Crippen molar-refractivity contribution in [1.29, 1.82) is 5.26 Å². The fourth-order valence-electron chi connectivity index (χ4n) is 3.47. The van der Waals surface area contributed by atoms with Crippen molar-refractivity contribution in [1.82, 2.24) is 4.90 Å². The van der Waals surface area contributed by atoms with Gasteiger partial charge in [-0.3, -0.25) is 0 Å². The summed E-state index contributed by atoms with van der Waals surface area (Å²) >= 11 is 1.92. The summed E-state index contributed by atoms with van der Waals surface area (Å²) in [7, 11) is 0. The van der Waals surface area contributed by atoms with Gasteiger partial charge in [0.2, 0.25) is 0 Å². The van der Waals surface area contributed by atoms with Crippen LogP contribution in [-0.4, -0.2) is 36.9 Å². The Kier molecular flexibility index (Phi) is 12.7. The highest BCUT2D eigenvalue weighted by Gasteiger charge is 2.04. The molecule has 2 aromatic rings. The van der Waals surface area contributed by atoms with Gasteiger partial charge in [0.15, 0.2) is 0 Å². The second kappa shape index (κ2) is 15.6. The smallest absolute Gasteiger partial charge is 0.119 e. The molecule has 0 spiro atoms. The van der Waals surface area contributed by atoms with E-state index in [1.165, 1.54) is 42.8 Å². The Labute approximate surface area is 199 Å². The summed E-state index contributed by atoms with van der Waals surface area (Å²) in [6.07, 6.45) is 8.55. The normalized spacial score (nSPS) is 11.5. The molecule has 0 aliphatic heterocycles. The molecule has 0 radical (unpaired) electrons. The first-order valence-electron chi connectivity index (χ1n) is 12.0. The molecule has 4 heteroatoms. The molecule has 0 atom stereocenters. The van der Waals surface area contributed by atoms with Gasteiger partial charge in [0, 0.05) is 11.4 Å². The minimum atomic E-state index is 0.663. The van der Waals surface area contributed by atoms with Gasteiger partial charge in [-0.15, -0.1) is 11.8 Å². The van der Waals surface area contributed by atoms with Crippen LogP contribution in [0.3, 0.4) is 0 Å². The van der Waals surface area contributed by atoms with Crippen LogP contribution < -0.4 is 4.74 Å². The molecule has 0 amide bonds. The van der Waals surface area contributed by atoms with Crippen molar-refractivity contribution in [2.75, 3.05) is 32.0 Å². The summed E-state index contributed by atoms with van der Waals surface area (Å²) in [5.41, 5.74) is 2.62. The van der Waals surface area contributed by atoms with Gasteiger partial charge in [-0.1, -0.05) is 58.6 Å². The molecule has 0 aliphatic carbocycles. The number of nitriles is 1. The van der Waals surface area contributed by atoms with Crippen LogP contribution in [0.1, 0.15) is 64.0 Å². The molecule has 0 aromatic heterocycles. The molecule has 0 saturated carbocycles. The quantitative estimate of drug-likeness (QED) is 0.122. The Hall–Kier alpha value is -2.22. The molecule has 0 aliphatic rings. The van der Waals surface area contributed by atoms with Crippen molar-refractivity contribution in [3.05, 3.63) is 59.7 Å². The van der Waals surface area contributed by atoms with E-state index in [-0.39, 0.29) is 0 Å². The lowest BCUT2D eigenvalue weighted by molar-refractivity contribution is 0.223. The Balaban J connectivity index is 1.88. The van der Waals surface area contributed by atoms with Crippen LogP contribution in [0.5, 0.6) is 5.75 Å². The van der Waals surface area contributed by atoms with E-state index in [9.17, 15) is 5.26 Å². The predicted octanol–water partition coefficient (Wildman–Crippen LogP) is 7.53. The van der Waals surface area contributed by atoms with Crippen LogP contribution in [-0.2, 0) is 0 Å². The first-order chi connectivity index (χ1) is 15.7. The second-order valence-electron chi connectivity index (χ2n) is 7.90. The molecule has 0 heterocycles. The van der Waals surface area contributed by atoms with E-state index in [0.717, 1.165) is 36.5 Å². The van der Waals surface area contributed by atoms with Gasteiger partial charge >= 0.3 is 0 Å². The lowest BCUT2D eigenvalue weighted by atomic mass is 10.0. The number of allylic oxidation sites excluding steroid dienone is 1. The average molecular weight is 451 g/mol. The van der Waals surface area contributed by atoms with Gasteiger partial charge in [0.05, 0.1) is 11.6 Å². The molecule has 0 bridgehead atoms. The van der Waals surface area contributed by atoms with Crippen LogP contribution >= 0.6 is 11.8 Å². The summed E-state index contributed by atoms with van der Waals surface area (Å²) in [5.74, 6) is 2.01. The van der Waals surface area contributed by atoms with Crippen molar-refractivity contribution in [2.24, 2.45) is 0 Å². The zero-order valence-electron chi connectivity index (χ0n) is 20.0. The zero-order valence-corrected chi connectivity index (χ0v) is 20.8. The van der Waals surface area contributed by atoms with Gasteiger partial charge in [0.1, 0.15) is 12.4 Å². The first kappa shape index (κ1) is 26.0. The summed E-state index contributed by atoms with van der Waals surface area (Å²) in [6.45, 7) is 10.2. The molecular formula is C28H38N2OS. The van der Waals surface area contributed by atoms with Crippen molar-refractivity contribution in [3.63, 3.8) is 0 Å². The highest BCUT2D eigenvalue weighted by molar-refractivity contribution is 7.99. The molecule has 2 rings (SSSR count). The maximum absolute atomic E-state index is 9.67. The Morgan fingerprint density at radius 2 is 1.62 bits per heavy atom. The SMILES string of the molecule is CCCCCCCSc1ccc(/C=C(/C#N)c2ccc(OCCN(CC)CC)cc2)cc1. The van der Waals surface area contributed by atoms with Gasteiger partial charge < -0.3 is 9.64 Å². The monoisotopic (exact) mass is 450 g/mol. The standard InChI is InChI=1S/C28H38N2OS/c1-4-7-8-9-10-21-32-28-17-11-24(12-18-28)22-26(23-29)25-13-15-27(16-14-25)31-20-19-30(5-2)6-3/h11-18,22H,4-10,19-21H2,1-3H3/b26-22-. The number of likely N-dealkylation sites (N-methyl/N-ethyl adjacent to an activating group) is 1. The van der Waals surface area contributed by atoms with E-state index in [1.807, 2.05) is 42.1 Å². The van der Waals surface area contributed by atoms with Gasteiger partial charge in [-0.2, -0.15) is 5.26 Å². The van der Waals surface area contributed by atoms with Crippen LogP contribution in [0.25, 0.3) is 11.6 Å². The molecule has 0 fully saturated rings. The summed E-state index contributed by atoms with van der Waals surface area (Å²) < 4.78 is 5.85. The number of ether oxygens (including phenoxy) is 1. The van der Waals surface area contributed by atoms with E-state index >= 15 is 0 Å². The molecule has 3 nitrogen and oxygen atoms in total. The van der Waals surface area contributed by atoms with Crippen LogP contribution in [0.2, 0.25) is 0 Å². The number of rotatable bonds is 15. The summed E-state index contributed by atoms with van der Waals surface area (Å²) in [5, 5.41) is 9.67. The van der Waals surface area contributed by atoms with Gasteiger partial charge in [-0.05, 0) is 78.9 Å². The lowest BCUT2D eigenvalue weighted by Crippen LogP contribution is -2.27. The number of nitrogens with zero attached hydrogens (tertiary/aromatic N) is 2. The van der Waals surface area contributed by atoms with Crippen LogP contribution in [0.4, 0.5) is 0 Å². The molecule has 0 saturated heterocycles. The summed E-state index contributed by atoms with van der Waals surface area (Å²) in [4.78, 5) is 3.63. The van der Waals surface area contributed by atoms with E-state index < -0.39 is 0 Å². The molecule has 0 unspecified atom stereocenters. The number of thioether (sulfide) groups is 1. The third kappa shape index (κ3) is 9.51. The van der Waals surface area contributed by atoms with E-state index in [0.29, 0.717) is 12.2 Å². The second-order valence-corrected chi connectivity index (χ2v) is 9.07.